The summed E-state index contributed by atoms with van der Waals surface area (Å²) in [4.78, 5) is 0. The number of benzene rings is 1. The normalized spacial score (nSPS) is 25.7. The quantitative estimate of drug-likeness (QED) is 0.648. The van der Waals surface area contributed by atoms with Crippen LogP contribution in [0.2, 0.25) is 0 Å². The number of hydrogen-bond donors (Lipinski definition) is 1. The Kier molecular flexibility index (Phi) is 1.97. The lowest BCUT2D eigenvalue weighted by Gasteiger charge is -2.14. The second kappa shape index (κ2) is 3.00. The SMILES string of the molecule is C=C(C)[C@H]1Cc2ccccc2[C@H]1O. The Bertz CT molecular complexity index is 341. The third-order valence-electron chi connectivity index (χ3n) is 2.83. The fourth-order valence-electron chi connectivity index (χ4n) is 2.02. The van der Waals surface area contributed by atoms with E-state index in [4.69, 9.17) is 0 Å². The van der Waals surface area contributed by atoms with Gasteiger partial charge in [0, 0.05) is 5.92 Å². The lowest BCUT2D eigenvalue weighted by molar-refractivity contribution is 0.141. The standard InChI is InChI=1S/C12H14O/c1-8(2)11-7-9-5-3-4-6-10(9)12(11)13/h3-6,11-13H,1,7H2,2H3/t11-,12-/m1/s1. The highest BCUT2D eigenvalue weighted by molar-refractivity contribution is 5.36. The molecule has 1 aliphatic rings. The van der Waals surface area contributed by atoms with E-state index in [1.165, 1.54) is 5.56 Å². The molecule has 1 nitrogen and oxygen atoms in total. The highest BCUT2D eigenvalue weighted by Gasteiger charge is 2.30. The van der Waals surface area contributed by atoms with Crippen molar-refractivity contribution in [1.82, 2.24) is 0 Å². The number of rotatable bonds is 1. The number of hydrogen-bond acceptors (Lipinski definition) is 1. The molecule has 0 amide bonds. The molecule has 1 aromatic rings. The molecule has 0 bridgehead atoms. The summed E-state index contributed by atoms with van der Waals surface area (Å²) in [5, 5.41) is 9.95. The lowest BCUT2D eigenvalue weighted by atomic mass is 9.96. The lowest BCUT2D eigenvalue weighted by Crippen LogP contribution is -2.07. The summed E-state index contributed by atoms with van der Waals surface area (Å²) in [6, 6.07) is 8.08. The predicted octanol–water partition coefficient (Wildman–Crippen LogP) is 2.47. The summed E-state index contributed by atoms with van der Waals surface area (Å²) >= 11 is 0. The van der Waals surface area contributed by atoms with Crippen LogP contribution in [0.1, 0.15) is 24.2 Å². The van der Waals surface area contributed by atoms with Gasteiger partial charge in [-0.15, -0.1) is 0 Å². The van der Waals surface area contributed by atoms with Gasteiger partial charge in [-0.05, 0) is 24.5 Å². The Morgan fingerprint density at radius 2 is 2.15 bits per heavy atom. The molecule has 2 rings (SSSR count). The van der Waals surface area contributed by atoms with Crippen LogP contribution in [0.5, 0.6) is 0 Å². The first-order valence-corrected chi connectivity index (χ1v) is 4.61. The maximum Gasteiger partial charge on any atom is 0.0860 e. The molecule has 1 aromatic carbocycles. The predicted molar refractivity (Wildman–Crippen MR) is 53.4 cm³/mol. The van der Waals surface area contributed by atoms with Crippen LogP contribution in [0.3, 0.4) is 0 Å². The summed E-state index contributed by atoms with van der Waals surface area (Å²) < 4.78 is 0. The third-order valence-corrected chi connectivity index (χ3v) is 2.83. The van der Waals surface area contributed by atoms with Gasteiger partial charge in [0.15, 0.2) is 0 Å². The summed E-state index contributed by atoms with van der Waals surface area (Å²) in [5.74, 6) is 0.220. The summed E-state index contributed by atoms with van der Waals surface area (Å²) in [7, 11) is 0. The van der Waals surface area contributed by atoms with Crippen molar-refractivity contribution in [2.75, 3.05) is 0 Å². The van der Waals surface area contributed by atoms with E-state index in [2.05, 4.69) is 12.6 Å². The molecule has 0 heterocycles. The second-order valence-electron chi connectivity index (χ2n) is 3.80. The van der Waals surface area contributed by atoms with Crippen LogP contribution in [0, 0.1) is 5.92 Å². The van der Waals surface area contributed by atoms with Crippen molar-refractivity contribution < 1.29 is 5.11 Å². The van der Waals surface area contributed by atoms with E-state index in [0.29, 0.717) is 0 Å². The number of aliphatic hydroxyl groups excluding tert-OH is 1. The van der Waals surface area contributed by atoms with Crippen molar-refractivity contribution in [3.63, 3.8) is 0 Å². The molecule has 0 saturated heterocycles. The smallest absolute Gasteiger partial charge is 0.0860 e. The molecule has 0 radical (unpaired) electrons. The molecular formula is C12H14O. The summed E-state index contributed by atoms with van der Waals surface area (Å²) in [5.41, 5.74) is 3.42. The first-order valence-electron chi connectivity index (χ1n) is 4.61. The van der Waals surface area contributed by atoms with Crippen LogP contribution in [-0.2, 0) is 6.42 Å². The van der Waals surface area contributed by atoms with Crippen LogP contribution in [0.4, 0.5) is 0 Å². The van der Waals surface area contributed by atoms with Crippen LogP contribution < -0.4 is 0 Å². The average Bonchev–Trinajstić information content (AvgIpc) is 2.45. The van der Waals surface area contributed by atoms with Gasteiger partial charge in [-0.3, -0.25) is 0 Å². The highest BCUT2D eigenvalue weighted by atomic mass is 16.3. The molecule has 0 unspecified atom stereocenters. The molecule has 1 N–H and O–H groups in total. The maximum absolute atomic E-state index is 9.95. The zero-order chi connectivity index (χ0) is 9.42. The monoisotopic (exact) mass is 174 g/mol. The molecule has 0 spiro atoms. The van der Waals surface area contributed by atoms with Crippen molar-refractivity contribution in [3.05, 3.63) is 47.5 Å². The third kappa shape index (κ3) is 1.29. The Labute approximate surface area is 78.7 Å². The minimum atomic E-state index is -0.339. The van der Waals surface area contributed by atoms with E-state index in [1.54, 1.807) is 0 Å². The van der Waals surface area contributed by atoms with Gasteiger partial charge in [-0.25, -0.2) is 0 Å². The molecule has 0 saturated carbocycles. The zero-order valence-electron chi connectivity index (χ0n) is 7.83. The average molecular weight is 174 g/mol. The number of fused-ring (bicyclic) bond motifs is 1. The topological polar surface area (TPSA) is 20.2 Å². The molecule has 0 aliphatic heterocycles. The van der Waals surface area contributed by atoms with E-state index in [9.17, 15) is 5.11 Å². The van der Waals surface area contributed by atoms with E-state index >= 15 is 0 Å². The summed E-state index contributed by atoms with van der Waals surface area (Å²) in [6.45, 7) is 5.90. The van der Waals surface area contributed by atoms with Crippen LogP contribution in [-0.4, -0.2) is 5.11 Å². The largest absolute Gasteiger partial charge is 0.388 e. The Morgan fingerprint density at radius 1 is 1.46 bits per heavy atom. The van der Waals surface area contributed by atoms with E-state index in [1.807, 2.05) is 25.1 Å². The van der Waals surface area contributed by atoms with Crippen LogP contribution >= 0.6 is 0 Å². The van der Waals surface area contributed by atoms with Crippen molar-refractivity contribution in [3.8, 4) is 0 Å². The fourth-order valence-corrected chi connectivity index (χ4v) is 2.02. The van der Waals surface area contributed by atoms with Gasteiger partial charge in [0.25, 0.3) is 0 Å². The van der Waals surface area contributed by atoms with Gasteiger partial charge >= 0.3 is 0 Å². The van der Waals surface area contributed by atoms with Crippen LogP contribution in [0.15, 0.2) is 36.4 Å². The van der Waals surface area contributed by atoms with Gasteiger partial charge in [0.2, 0.25) is 0 Å². The zero-order valence-corrected chi connectivity index (χ0v) is 7.83. The van der Waals surface area contributed by atoms with Gasteiger partial charge in [-0.2, -0.15) is 0 Å². The van der Waals surface area contributed by atoms with Gasteiger partial charge in [-0.1, -0.05) is 36.4 Å². The molecule has 0 fully saturated rings. The number of aliphatic hydroxyl groups is 1. The highest BCUT2D eigenvalue weighted by Crippen LogP contribution is 2.38. The maximum atomic E-state index is 9.95. The van der Waals surface area contributed by atoms with Crippen molar-refractivity contribution >= 4 is 0 Å². The molecule has 68 valence electrons. The molecule has 2 atom stereocenters. The molecule has 13 heavy (non-hydrogen) atoms. The molecule has 1 heteroatoms. The van der Waals surface area contributed by atoms with E-state index in [-0.39, 0.29) is 12.0 Å². The Morgan fingerprint density at radius 3 is 2.77 bits per heavy atom. The van der Waals surface area contributed by atoms with Crippen molar-refractivity contribution in [1.29, 1.82) is 0 Å². The minimum Gasteiger partial charge on any atom is -0.388 e. The van der Waals surface area contributed by atoms with Gasteiger partial charge in [0.1, 0.15) is 0 Å². The van der Waals surface area contributed by atoms with E-state index < -0.39 is 0 Å². The van der Waals surface area contributed by atoms with E-state index in [0.717, 1.165) is 17.6 Å². The molecule has 1 aliphatic carbocycles. The first kappa shape index (κ1) is 8.52. The second-order valence-corrected chi connectivity index (χ2v) is 3.80. The minimum absolute atomic E-state index is 0.220. The van der Waals surface area contributed by atoms with Gasteiger partial charge in [0.05, 0.1) is 6.10 Å². The Hall–Kier alpha value is -1.08. The van der Waals surface area contributed by atoms with Crippen LogP contribution in [0.25, 0.3) is 0 Å². The first-order chi connectivity index (χ1) is 6.20. The Balaban J connectivity index is 2.38. The van der Waals surface area contributed by atoms with Gasteiger partial charge < -0.3 is 5.11 Å². The summed E-state index contributed by atoms with van der Waals surface area (Å²) in [6.07, 6.45) is 0.598. The fraction of sp³-hybridized carbons (Fsp3) is 0.333. The van der Waals surface area contributed by atoms with Crippen molar-refractivity contribution in [2.24, 2.45) is 5.92 Å². The molecule has 0 aromatic heterocycles. The molecular weight excluding hydrogens is 160 g/mol. The van der Waals surface area contributed by atoms with Crippen molar-refractivity contribution in [2.45, 2.75) is 19.4 Å².